The topological polar surface area (TPSA) is 37.8 Å². The van der Waals surface area contributed by atoms with Crippen molar-refractivity contribution in [3.63, 3.8) is 0 Å². The molecule has 2 rings (SSSR count). The Kier molecular flexibility index (Phi) is 4.61. The second kappa shape index (κ2) is 5.98. The molecule has 0 radical (unpaired) electrons. The summed E-state index contributed by atoms with van der Waals surface area (Å²) in [5, 5.41) is 12.4. The number of rotatable bonds is 5. The van der Waals surface area contributed by atoms with Crippen molar-refractivity contribution in [2.24, 2.45) is 5.92 Å². The molecular formula is C11H19N3S2. The lowest BCUT2D eigenvalue weighted by Crippen LogP contribution is -2.33. The normalized spacial score (nSPS) is 29.8. The smallest absolute Gasteiger partial charge is 0.174 e. The molecule has 5 heteroatoms. The highest BCUT2D eigenvalue weighted by Crippen LogP contribution is 2.39. The summed E-state index contributed by atoms with van der Waals surface area (Å²) in [5.74, 6) is 0.737. The summed E-state index contributed by atoms with van der Waals surface area (Å²) in [6, 6.07) is 0.699. The van der Waals surface area contributed by atoms with E-state index in [1.54, 1.807) is 11.3 Å². The Bertz CT molecular complexity index is 302. The molecule has 3 nitrogen and oxygen atoms in total. The lowest BCUT2D eigenvalue weighted by molar-refractivity contribution is 0.432. The standard InChI is InChI=1S/C11H19N3S2/c1-3-6-12-9-4-5-10(8(9)2)16-11-14-13-7-15-11/h7-10,12H,3-6H2,1-2H3. The minimum atomic E-state index is 0.699. The highest BCUT2D eigenvalue weighted by Gasteiger charge is 2.33. The molecule has 3 atom stereocenters. The van der Waals surface area contributed by atoms with Crippen LogP contribution in [0.4, 0.5) is 0 Å². The van der Waals surface area contributed by atoms with Gasteiger partial charge in [0, 0.05) is 11.3 Å². The zero-order valence-corrected chi connectivity index (χ0v) is 11.5. The summed E-state index contributed by atoms with van der Waals surface area (Å²) < 4.78 is 1.12. The number of thioether (sulfide) groups is 1. The van der Waals surface area contributed by atoms with E-state index in [9.17, 15) is 0 Å². The van der Waals surface area contributed by atoms with E-state index in [1.165, 1.54) is 19.3 Å². The average molecular weight is 257 g/mol. The number of aromatic nitrogens is 2. The number of hydrogen-bond donors (Lipinski definition) is 1. The van der Waals surface area contributed by atoms with E-state index in [-0.39, 0.29) is 0 Å². The van der Waals surface area contributed by atoms with E-state index in [0.717, 1.165) is 16.8 Å². The fraction of sp³-hybridized carbons (Fsp3) is 0.818. The van der Waals surface area contributed by atoms with Crippen LogP contribution in [0.25, 0.3) is 0 Å². The van der Waals surface area contributed by atoms with Crippen molar-refractivity contribution >= 4 is 23.1 Å². The van der Waals surface area contributed by atoms with Gasteiger partial charge in [0.05, 0.1) is 0 Å². The Hall–Kier alpha value is -0.130. The van der Waals surface area contributed by atoms with Crippen LogP contribution < -0.4 is 5.32 Å². The van der Waals surface area contributed by atoms with Crippen LogP contribution in [0.1, 0.15) is 33.1 Å². The predicted octanol–water partition coefficient (Wildman–Crippen LogP) is 2.80. The molecule has 1 N–H and O–H groups in total. The molecule has 90 valence electrons. The van der Waals surface area contributed by atoms with Crippen LogP contribution in [-0.2, 0) is 0 Å². The molecule has 3 unspecified atom stereocenters. The minimum absolute atomic E-state index is 0.699. The van der Waals surface area contributed by atoms with Crippen LogP contribution >= 0.6 is 23.1 Å². The van der Waals surface area contributed by atoms with Gasteiger partial charge in [0.15, 0.2) is 4.34 Å². The lowest BCUT2D eigenvalue weighted by Gasteiger charge is -2.20. The SMILES string of the molecule is CCCNC1CCC(Sc2nncs2)C1C. The lowest BCUT2D eigenvalue weighted by atomic mass is 10.1. The Balaban J connectivity index is 1.84. The first-order chi connectivity index (χ1) is 7.81. The third kappa shape index (κ3) is 2.96. The van der Waals surface area contributed by atoms with Crippen molar-refractivity contribution < 1.29 is 0 Å². The first-order valence-corrected chi connectivity index (χ1v) is 7.73. The van der Waals surface area contributed by atoms with Crippen molar-refractivity contribution in [3.05, 3.63) is 5.51 Å². The summed E-state index contributed by atoms with van der Waals surface area (Å²) in [5.41, 5.74) is 1.81. The molecule has 1 heterocycles. The zero-order valence-electron chi connectivity index (χ0n) is 9.85. The first kappa shape index (κ1) is 12.3. The van der Waals surface area contributed by atoms with Crippen LogP contribution in [0.2, 0.25) is 0 Å². The van der Waals surface area contributed by atoms with E-state index >= 15 is 0 Å². The second-order valence-electron chi connectivity index (χ2n) is 4.36. The molecule has 0 aliphatic heterocycles. The Morgan fingerprint density at radius 3 is 3.12 bits per heavy atom. The average Bonchev–Trinajstić information content (AvgIpc) is 2.89. The van der Waals surface area contributed by atoms with E-state index in [1.807, 2.05) is 17.3 Å². The van der Waals surface area contributed by atoms with E-state index in [2.05, 4.69) is 29.4 Å². The molecule has 0 spiro atoms. The van der Waals surface area contributed by atoms with Crippen LogP contribution in [0.5, 0.6) is 0 Å². The van der Waals surface area contributed by atoms with Gasteiger partial charge in [-0.15, -0.1) is 10.2 Å². The molecule has 0 bridgehead atoms. The number of hydrogen-bond acceptors (Lipinski definition) is 5. The molecule has 0 aromatic carbocycles. The van der Waals surface area contributed by atoms with Crippen LogP contribution in [-0.4, -0.2) is 28.0 Å². The Morgan fingerprint density at radius 2 is 2.44 bits per heavy atom. The molecule has 1 aromatic rings. The Morgan fingerprint density at radius 1 is 1.56 bits per heavy atom. The summed E-state index contributed by atoms with van der Waals surface area (Å²) >= 11 is 3.56. The highest BCUT2D eigenvalue weighted by molar-refractivity contribution is 8.01. The predicted molar refractivity (Wildman–Crippen MR) is 70.0 cm³/mol. The van der Waals surface area contributed by atoms with E-state index in [0.29, 0.717) is 11.3 Å². The molecule has 1 aliphatic rings. The maximum Gasteiger partial charge on any atom is 0.174 e. The number of nitrogens with one attached hydrogen (secondary N) is 1. The number of nitrogens with zero attached hydrogens (tertiary/aromatic N) is 2. The third-order valence-corrected chi connectivity index (χ3v) is 5.54. The summed E-state index contributed by atoms with van der Waals surface area (Å²) in [6.07, 6.45) is 3.82. The van der Waals surface area contributed by atoms with Gasteiger partial charge in [-0.2, -0.15) is 0 Å². The van der Waals surface area contributed by atoms with Gasteiger partial charge in [0.2, 0.25) is 0 Å². The van der Waals surface area contributed by atoms with Crippen molar-refractivity contribution in [2.75, 3.05) is 6.54 Å². The summed E-state index contributed by atoms with van der Waals surface area (Å²) in [4.78, 5) is 0. The maximum absolute atomic E-state index is 4.11. The first-order valence-electron chi connectivity index (χ1n) is 5.97. The van der Waals surface area contributed by atoms with Gasteiger partial charge in [0.1, 0.15) is 5.51 Å². The molecule has 0 saturated heterocycles. The fourth-order valence-corrected chi connectivity index (χ4v) is 4.27. The van der Waals surface area contributed by atoms with Gasteiger partial charge in [-0.1, -0.05) is 36.9 Å². The molecular weight excluding hydrogens is 238 g/mol. The largest absolute Gasteiger partial charge is 0.314 e. The summed E-state index contributed by atoms with van der Waals surface area (Å²) in [7, 11) is 0. The van der Waals surface area contributed by atoms with Gasteiger partial charge >= 0.3 is 0 Å². The van der Waals surface area contributed by atoms with Crippen LogP contribution in [0.3, 0.4) is 0 Å². The Labute approximate surface area is 105 Å². The van der Waals surface area contributed by atoms with E-state index < -0.39 is 0 Å². The summed E-state index contributed by atoms with van der Waals surface area (Å²) in [6.45, 7) is 5.73. The molecule has 1 saturated carbocycles. The van der Waals surface area contributed by atoms with E-state index in [4.69, 9.17) is 0 Å². The highest BCUT2D eigenvalue weighted by atomic mass is 32.2. The van der Waals surface area contributed by atoms with Crippen molar-refractivity contribution in [2.45, 2.75) is 48.7 Å². The van der Waals surface area contributed by atoms with Crippen molar-refractivity contribution in [1.82, 2.24) is 15.5 Å². The van der Waals surface area contributed by atoms with Crippen molar-refractivity contribution in [3.8, 4) is 0 Å². The molecule has 0 amide bonds. The molecule has 16 heavy (non-hydrogen) atoms. The molecule has 1 aliphatic carbocycles. The van der Waals surface area contributed by atoms with Crippen LogP contribution in [0.15, 0.2) is 9.85 Å². The van der Waals surface area contributed by atoms with Crippen LogP contribution in [0, 0.1) is 5.92 Å². The molecule has 1 aromatic heterocycles. The monoisotopic (exact) mass is 257 g/mol. The van der Waals surface area contributed by atoms with Crippen molar-refractivity contribution in [1.29, 1.82) is 0 Å². The van der Waals surface area contributed by atoms with Gasteiger partial charge in [-0.05, 0) is 31.7 Å². The maximum atomic E-state index is 4.11. The minimum Gasteiger partial charge on any atom is -0.314 e. The third-order valence-electron chi connectivity index (χ3n) is 3.23. The quantitative estimate of drug-likeness (QED) is 0.880. The van der Waals surface area contributed by atoms with Gasteiger partial charge < -0.3 is 5.32 Å². The van der Waals surface area contributed by atoms with Gasteiger partial charge in [-0.25, -0.2) is 0 Å². The van der Waals surface area contributed by atoms with Gasteiger partial charge in [-0.3, -0.25) is 0 Å². The van der Waals surface area contributed by atoms with Gasteiger partial charge in [0.25, 0.3) is 0 Å². The zero-order chi connectivity index (χ0) is 11.4. The second-order valence-corrected chi connectivity index (χ2v) is 6.68. The fourth-order valence-electron chi connectivity index (χ4n) is 2.26. The molecule has 1 fully saturated rings.